The number of nitrogens with two attached hydrogens (primary N) is 1. The molecule has 2 rings (SSSR count). The SMILES string of the molecule is CC(N)Cc1ccc(N2CC(C)CC(C)C2C)cc1Br. The maximum atomic E-state index is 5.90. The van der Waals surface area contributed by atoms with Crippen LogP contribution >= 0.6 is 15.9 Å². The minimum atomic E-state index is 0.200. The molecule has 3 heteroatoms. The molecule has 1 aromatic carbocycles. The molecular weight excluding hydrogens is 312 g/mol. The smallest absolute Gasteiger partial charge is 0.0380 e. The van der Waals surface area contributed by atoms with Crippen molar-refractivity contribution >= 4 is 21.6 Å². The first-order valence-electron chi connectivity index (χ1n) is 7.69. The summed E-state index contributed by atoms with van der Waals surface area (Å²) in [6.45, 7) is 10.3. The zero-order chi connectivity index (χ0) is 14.9. The summed E-state index contributed by atoms with van der Waals surface area (Å²) >= 11 is 3.71. The van der Waals surface area contributed by atoms with Crippen LogP contribution < -0.4 is 10.6 Å². The maximum absolute atomic E-state index is 5.90. The number of hydrogen-bond donors (Lipinski definition) is 1. The Balaban J connectivity index is 2.22. The highest BCUT2D eigenvalue weighted by Crippen LogP contribution is 2.33. The van der Waals surface area contributed by atoms with E-state index in [1.54, 1.807) is 0 Å². The van der Waals surface area contributed by atoms with Crippen LogP contribution in [-0.4, -0.2) is 18.6 Å². The summed E-state index contributed by atoms with van der Waals surface area (Å²) in [5, 5.41) is 0. The van der Waals surface area contributed by atoms with E-state index >= 15 is 0 Å². The minimum Gasteiger partial charge on any atom is -0.368 e. The molecule has 2 N–H and O–H groups in total. The van der Waals surface area contributed by atoms with Crippen molar-refractivity contribution in [2.75, 3.05) is 11.4 Å². The van der Waals surface area contributed by atoms with Crippen molar-refractivity contribution in [2.45, 2.75) is 52.6 Å². The van der Waals surface area contributed by atoms with Crippen LogP contribution in [0, 0.1) is 11.8 Å². The lowest BCUT2D eigenvalue weighted by Gasteiger charge is -2.42. The summed E-state index contributed by atoms with van der Waals surface area (Å²) in [6, 6.07) is 7.55. The second kappa shape index (κ2) is 6.48. The molecule has 0 aromatic heterocycles. The average Bonchev–Trinajstić information content (AvgIpc) is 2.36. The molecule has 0 saturated carbocycles. The first kappa shape index (κ1) is 15.8. The van der Waals surface area contributed by atoms with Gasteiger partial charge in [0.15, 0.2) is 0 Å². The number of hydrogen-bond acceptors (Lipinski definition) is 2. The highest BCUT2D eigenvalue weighted by molar-refractivity contribution is 9.10. The lowest BCUT2D eigenvalue weighted by molar-refractivity contribution is 0.297. The summed E-state index contributed by atoms with van der Waals surface area (Å²) in [5.74, 6) is 1.52. The second-order valence-electron chi connectivity index (χ2n) is 6.67. The van der Waals surface area contributed by atoms with Crippen LogP contribution in [0.15, 0.2) is 22.7 Å². The van der Waals surface area contributed by atoms with E-state index in [4.69, 9.17) is 5.73 Å². The molecule has 0 bridgehead atoms. The van der Waals surface area contributed by atoms with Crippen LogP contribution in [0.2, 0.25) is 0 Å². The summed E-state index contributed by atoms with van der Waals surface area (Å²) in [4.78, 5) is 2.55. The fourth-order valence-corrected chi connectivity index (χ4v) is 3.81. The Kier molecular flexibility index (Phi) is 5.14. The Labute approximate surface area is 131 Å². The monoisotopic (exact) mass is 338 g/mol. The molecular formula is C17H27BrN2. The Bertz CT molecular complexity index is 458. The maximum Gasteiger partial charge on any atom is 0.0380 e. The topological polar surface area (TPSA) is 29.3 Å². The molecule has 1 fully saturated rings. The first-order valence-corrected chi connectivity index (χ1v) is 8.48. The molecule has 1 saturated heterocycles. The second-order valence-corrected chi connectivity index (χ2v) is 7.52. The van der Waals surface area contributed by atoms with E-state index in [1.165, 1.54) is 22.1 Å². The van der Waals surface area contributed by atoms with Gasteiger partial charge in [-0.05, 0) is 56.2 Å². The van der Waals surface area contributed by atoms with Crippen LogP contribution in [-0.2, 0) is 6.42 Å². The van der Waals surface area contributed by atoms with Crippen LogP contribution in [0.4, 0.5) is 5.69 Å². The predicted octanol–water partition coefficient (Wildman–Crippen LogP) is 4.21. The Morgan fingerprint density at radius 1 is 1.35 bits per heavy atom. The third-order valence-corrected chi connectivity index (χ3v) is 5.25. The number of anilines is 1. The van der Waals surface area contributed by atoms with Crippen molar-refractivity contribution in [3.8, 4) is 0 Å². The molecule has 0 radical (unpaired) electrons. The Morgan fingerprint density at radius 3 is 2.65 bits per heavy atom. The normalized spacial score (nSPS) is 28.5. The highest BCUT2D eigenvalue weighted by atomic mass is 79.9. The molecule has 20 heavy (non-hydrogen) atoms. The number of rotatable bonds is 3. The highest BCUT2D eigenvalue weighted by Gasteiger charge is 2.29. The summed E-state index contributed by atoms with van der Waals surface area (Å²) < 4.78 is 1.19. The van der Waals surface area contributed by atoms with Gasteiger partial charge in [-0.15, -0.1) is 0 Å². The van der Waals surface area contributed by atoms with Gasteiger partial charge in [-0.1, -0.05) is 35.8 Å². The lowest BCUT2D eigenvalue weighted by atomic mass is 9.85. The molecule has 1 aliphatic rings. The molecule has 0 spiro atoms. The molecule has 4 unspecified atom stereocenters. The van der Waals surface area contributed by atoms with Gasteiger partial charge < -0.3 is 10.6 Å². The van der Waals surface area contributed by atoms with E-state index in [-0.39, 0.29) is 6.04 Å². The van der Waals surface area contributed by atoms with E-state index in [0.717, 1.165) is 24.8 Å². The average molecular weight is 339 g/mol. The van der Waals surface area contributed by atoms with E-state index in [0.29, 0.717) is 6.04 Å². The molecule has 1 heterocycles. The molecule has 0 aliphatic carbocycles. The van der Waals surface area contributed by atoms with E-state index in [9.17, 15) is 0 Å². The fraction of sp³-hybridized carbons (Fsp3) is 0.647. The van der Waals surface area contributed by atoms with E-state index in [2.05, 4.69) is 66.7 Å². The molecule has 4 atom stereocenters. The molecule has 2 nitrogen and oxygen atoms in total. The summed E-state index contributed by atoms with van der Waals surface area (Å²) in [6.07, 6.45) is 2.25. The van der Waals surface area contributed by atoms with Gasteiger partial charge in [0.2, 0.25) is 0 Å². The van der Waals surface area contributed by atoms with Crippen LogP contribution in [0.25, 0.3) is 0 Å². The van der Waals surface area contributed by atoms with Gasteiger partial charge in [0, 0.05) is 28.8 Å². The standard InChI is InChI=1S/C17H27BrN2/c1-11-7-12(2)14(4)20(10-11)16-6-5-15(8-13(3)19)17(18)9-16/h5-6,9,11-14H,7-8,10,19H2,1-4H3. The van der Waals surface area contributed by atoms with Gasteiger partial charge in [0.25, 0.3) is 0 Å². The van der Waals surface area contributed by atoms with E-state index < -0.39 is 0 Å². The quantitative estimate of drug-likeness (QED) is 0.894. The van der Waals surface area contributed by atoms with Crippen molar-refractivity contribution in [2.24, 2.45) is 17.6 Å². The number of nitrogens with zero attached hydrogens (tertiary/aromatic N) is 1. The van der Waals surface area contributed by atoms with Crippen LogP contribution in [0.5, 0.6) is 0 Å². The summed E-state index contributed by atoms with van der Waals surface area (Å²) in [7, 11) is 0. The van der Waals surface area contributed by atoms with Gasteiger partial charge in [0.05, 0.1) is 0 Å². The molecule has 1 aromatic rings. The largest absolute Gasteiger partial charge is 0.368 e. The summed E-state index contributed by atoms with van der Waals surface area (Å²) in [5.41, 5.74) is 8.53. The Morgan fingerprint density at radius 2 is 2.05 bits per heavy atom. The number of piperidine rings is 1. The lowest BCUT2D eigenvalue weighted by Crippen LogP contribution is -2.45. The van der Waals surface area contributed by atoms with Crippen molar-refractivity contribution in [3.63, 3.8) is 0 Å². The van der Waals surface area contributed by atoms with Gasteiger partial charge in [-0.2, -0.15) is 0 Å². The zero-order valence-electron chi connectivity index (χ0n) is 13.1. The molecule has 1 aliphatic heterocycles. The van der Waals surface area contributed by atoms with Gasteiger partial charge in [0.1, 0.15) is 0 Å². The van der Waals surface area contributed by atoms with Gasteiger partial charge in [-0.25, -0.2) is 0 Å². The predicted molar refractivity (Wildman–Crippen MR) is 91.2 cm³/mol. The van der Waals surface area contributed by atoms with Crippen LogP contribution in [0.1, 0.15) is 39.7 Å². The minimum absolute atomic E-state index is 0.200. The van der Waals surface area contributed by atoms with Crippen molar-refractivity contribution < 1.29 is 0 Å². The third kappa shape index (κ3) is 3.56. The van der Waals surface area contributed by atoms with Gasteiger partial charge in [-0.3, -0.25) is 0 Å². The molecule has 0 amide bonds. The Hall–Kier alpha value is -0.540. The zero-order valence-corrected chi connectivity index (χ0v) is 14.7. The third-order valence-electron chi connectivity index (χ3n) is 4.51. The van der Waals surface area contributed by atoms with Crippen molar-refractivity contribution in [1.29, 1.82) is 0 Å². The fourth-order valence-electron chi connectivity index (χ4n) is 3.28. The van der Waals surface area contributed by atoms with Crippen LogP contribution in [0.3, 0.4) is 0 Å². The molecule has 112 valence electrons. The number of benzene rings is 1. The first-order chi connectivity index (χ1) is 9.38. The van der Waals surface area contributed by atoms with Gasteiger partial charge >= 0.3 is 0 Å². The van der Waals surface area contributed by atoms with Crippen molar-refractivity contribution in [3.05, 3.63) is 28.2 Å². The van der Waals surface area contributed by atoms with Crippen molar-refractivity contribution in [1.82, 2.24) is 0 Å². The number of halogens is 1. The van der Waals surface area contributed by atoms with E-state index in [1.807, 2.05) is 0 Å².